The second-order valence-corrected chi connectivity index (χ2v) is 4.95. The highest BCUT2D eigenvalue weighted by Gasteiger charge is 2.20. The van der Waals surface area contributed by atoms with Crippen LogP contribution in [0.3, 0.4) is 0 Å². The summed E-state index contributed by atoms with van der Waals surface area (Å²) < 4.78 is 0. The molecule has 2 unspecified atom stereocenters. The van der Waals surface area contributed by atoms with Gasteiger partial charge in [0, 0.05) is 0 Å². The minimum absolute atomic E-state index is 0.310. The minimum Gasteiger partial charge on any atom is -0.0808 e. The lowest BCUT2D eigenvalue weighted by Crippen LogP contribution is -2.15. The summed E-state index contributed by atoms with van der Waals surface area (Å²) in [5, 5.41) is 0. The van der Waals surface area contributed by atoms with Gasteiger partial charge in [-0.15, -0.1) is 0 Å². The summed E-state index contributed by atoms with van der Waals surface area (Å²) in [6.07, 6.45) is 7.01. The average molecular weight is 164 g/mol. The van der Waals surface area contributed by atoms with Gasteiger partial charge in [-0.1, -0.05) is 52.8 Å². The van der Waals surface area contributed by atoms with Crippen molar-refractivity contribution in [2.24, 2.45) is 17.3 Å². The molecule has 0 radical (unpaired) electrons. The van der Waals surface area contributed by atoms with Crippen LogP contribution in [0.15, 0.2) is 23.8 Å². The third kappa shape index (κ3) is 2.00. The van der Waals surface area contributed by atoms with Crippen LogP contribution in [-0.2, 0) is 0 Å². The van der Waals surface area contributed by atoms with Crippen LogP contribution in [0.25, 0.3) is 0 Å². The van der Waals surface area contributed by atoms with Gasteiger partial charge >= 0.3 is 0 Å². The summed E-state index contributed by atoms with van der Waals surface area (Å²) in [5.74, 6) is 1.40. The molecule has 0 N–H and O–H groups in total. The van der Waals surface area contributed by atoms with Crippen molar-refractivity contribution in [2.45, 2.75) is 34.6 Å². The van der Waals surface area contributed by atoms with Gasteiger partial charge in [-0.25, -0.2) is 0 Å². The zero-order valence-electron chi connectivity index (χ0n) is 8.89. The SMILES string of the molecule is CC1C=CC(C(C)(C)C)=CC1C. The van der Waals surface area contributed by atoms with Crippen LogP contribution in [0.1, 0.15) is 34.6 Å². The van der Waals surface area contributed by atoms with Crippen molar-refractivity contribution >= 4 is 0 Å². The maximum Gasteiger partial charge on any atom is -0.0135 e. The average Bonchev–Trinajstić information content (AvgIpc) is 1.92. The Labute approximate surface area is 76.4 Å². The van der Waals surface area contributed by atoms with E-state index in [2.05, 4.69) is 52.8 Å². The van der Waals surface area contributed by atoms with Gasteiger partial charge in [-0.2, -0.15) is 0 Å². The molecule has 12 heavy (non-hydrogen) atoms. The fraction of sp³-hybridized carbons (Fsp3) is 0.667. The highest BCUT2D eigenvalue weighted by molar-refractivity contribution is 5.29. The van der Waals surface area contributed by atoms with E-state index in [1.54, 1.807) is 0 Å². The quantitative estimate of drug-likeness (QED) is 0.511. The Morgan fingerprint density at radius 2 is 1.67 bits per heavy atom. The van der Waals surface area contributed by atoms with E-state index in [0.29, 0.717) is 17.3 Å². The predicted octanol–water partition coefficient (Wildman–Crippen LogP) is 3.80. The van der Waals surface area contributed by atoms with Crippen LogP contribution in [0.4, 0.5) is 0 Å². The maximum atomic E-state index is 2.41. The molecule has 0 aromatic heterocycles. The van der Waals surface area contributed by atoms with E-state index in [9.17, 15) is 0 Å². The van der Waals surface area contributed by atoms with E-state index >= 15 is 0 Å². The molecule has 1 aliphatic rings. The monoisotopic (exact) mass is 164 g/mol. The lowest BCUT2D eigenvalue weighted by Gasteiger charge is -2.27. The molecular weight excluding hydrogens is 144 g/mol. The third-order valence-electron chi connectivity index (χ3n) is 2.72. The Morgan fingerprint density at radius 3 is 2.08 bits per heavy atom. The molecule has 0 aliphatic heterocycles. The summed E-state index contributed by atoms with van der Waals surface area (Å²) in [7, 11) is 0. The van der Waals surface area contributed by atoms with Gasteiger partial charge in [0.15, 0.2) is 0 Å². The summed E-state index contributed by atoms with van der Waals surface area (Å²) >= 11 is 0. The fourth-order valence-corrected chi connectivity index (χ4v) is 1.42. The molecule has 2 atom stereocenters. The van der Waals surface area contributed by atoms with E-state index in [0.717, 1.165) is 0 Å². The van der Waals surface area contributed by atoms with Crippen molar-refractivity contribution in [3.8, 4) is 0 Å². The highest BCUT2D eigenvalue weighted by Crippen LogP contribution is 2.32. The van der Waals surface area contributed by atoms with Gasteiger partial charge in [-0.05, 0) is 22.8 Å². The molecule has 68 valence electrons. The summed E-state index contributed by atoms with van der Waals surface area (Å²) in [6.45, 7) is 11.4. The fourth-order valence-electron chi connectivity index (χ4n) is 1.42. The summed E-state index contributed by atoms with van der Waals surface area (Å²) in [5.41, 5.74) is 1.79. The third-order valence-corrected chi connectivity index (χ3v) is 2.72. The first kappa shape index (κ1) is 9.57. The van der Waals surface area contributed by atoms with E-state index in [1.165, 1.54) is 5.57 Å². The van der Waals surface area contributed by atoms with Crippen molar-refractivity contribution < 1.29 is 0 Å². The van der Waals surface area contributed by atoms with Gasteiger partial charge in [0.1, 0.15) is 0 Å². The van der Waals surface area contributed by atoms with Crippen LogP contribution in [0, 0.1) is 17.3 Å². The first-order valence-electron chi connectivity index (χ1n) is 4.82. The van der Waals surface area contributed by atoms with Crippen molar-refractivity contribution in [3.05, 3.63) is 23.8 Å². The predicted molar refractivity (Wildman–Crippen MR) is 55.0 cm³/mol. The lowest BCUT2D eigenvalue weighted by molar-refractivity contribution is 0.479. The number of hydrogen-bond donors (Lipinski definition) is 0. The van der Waals surface area contributed by atoms with Crippen molar-refractivity contribution in [1.29, 1.82) is 0 Å². The molecular formula is C12H20. The van der Waals surface area contributed by atoms with Gasteiger partial charge in [-0.3, -0.25) is 0 Å². The largest absolute Gasteiger partial charge is 0.0808 e. The number of rotatable bonds is 0. The lowest BCUT2D eigenvalue weighted by atomic mass is 9.78. The standard InChI is InChI=1S/C12H20/c1-9-6-7-11(8-10(9)2)12(3,4)5/h6-10H,1-5H3. The molecule has 0 heterocycles. The van der Waals surface area contributed by atoms with E-state index in [1.807, 2.05) is 0 Å². The first-order valence-corrected chi connectivity index (χ1v) is 4.82. The molecule has 0 saturated heterocycles. The molecule has 0 fully saturated rings. The van der Waals surface area contributed by atoms with Crippen molar-refractivity contribution in [3.63, 3.8) is 0 Å². The minimum atomic E-state index is 0.310. The second-order valence-electron chi connectivity index (χ2n) is 4.95. The summed E-state index contributed by atoms with van der Waals surface area (Å²) in [4.78, 5) is 0. The molecule has 1 aliphatic carbocycles. The van der Waals surface area contributed by atoms with Crippen molar-refractivity contribution in [1.82, 2.24) is 0 Å². The maximum absolute atomic E-state index is 2.41. The Balaban J connectivity index is 2.84. The topological polar surface area (TPSA) is 0 Å². The van der Waals surface area contributed by atoms with Gasteiger partial charge in [0.25, 0.3) is 0 Å². The summed E-state index contributed by atoms with van der Waals surface area (Å²) in [6, 6.07) is 0. The Kier molecular flexibility index (Phi) is 2.46. The van der Waals surface area contributed by atoms with Gasteiger partial charge < -0.3 is 0 Å². The molecule has 0 aromatic carbocycles. The Morgan fingerprint density at radius 1 is 1.08 bits per heavy atom. The van der Waals surface area contributed by atoms with E-state index in [-0.39, 0.29) is 0 Å². The number of allylic oxidation sites excluding steroid dienone is 4. The second kappa shape index (κ2) is 3.08. The van der Waals surface area contributed by atoms with Crippen LogP contribution >= 0.6 is 0 Å². The first-order chi connectivity index (χ1) is 5.41. The molecule has 0 aromatic rings. The molecule has 0 bridgehead atoms. The Bertz CT molecular complexity index is 213. The molecule has 0 saturated carbocycles. The number of hydrogen-bond acceptors (Lipinski definition) is 0. The zero-order chi connectivity index (χ0) is 9.35. The molecule has 0 spiro atoms. The van der Waals surface area contributed by atoms with Crippen LogP contribution < -0.4 is 0 Å². The van der Waals surface area contributed by atoms with Crippen LogP contribution in [0.2, 0.25) is 0 Å². The Hall–Kier alpha value is -0.520. The highest BCUT2D eigenvalue weighted by atomic mass is 14.2. The van der Waals surface area contributed by atoms with E-state index in [4.69, 9.17) is 0 Å². The molecule has 0 amide bonds. The van der Waals surface area contributed by atoms with Gasteiger partial charge in [0.05, 0.1) is 0 Å². The molecule has 0 nitrogen and oxygen atoms in total. The normalized spacial score (nSPS) is 30.2. The molecule has 0 heteroatoms. The van der Waals surface area contributed by atoms with Gasteiger partial charge in [0.2, 0.25) is 0 Å². The van der Waals surface area contributed by atoms with E-state index < -0.39 is 0 Å². The van der Waals surface area contributed by atoms with Crippen molar-refractivity contribution in [2.75, 3.05) is 0 Å². The molecule has 1 rings (SSSR count). The van der Waals surface area contributed by atoms with Crippen LogP contribution in [-0.4, -0.2) is 0 Å². The smallest absolute Gasteiger partial charge is 0.0135 e. The zero-order valence-corrected chi connectivity index (χ0v) is 8.89. The van der Waals surface area contributed by atoms with Crippen LogP contribution in [0.5, 0.6) is 0 Å².